The molecule has 1 heterocycles. The fourth-order valence-corrected chi connectivity index (χ4v) is 2.94. The molecular weight excluding hydrogens is 230 g/mol. The largest absolute Gasteiger partial charge is 0.355 e. The first-order valence-corrected chi connectivity index (χ1v) is 7.30. The Kier molecular flexibility index (Phi) is 6.50. The van der Waals surface area contributed by atoms with Crippen molar-refractivity contribution in [1.29, 1.82) is 0 Å². The van der Waals surface area contributed by atoms with E-state index in [1.807, 2.05) is 18.7 Å². The van der Waals surface area contributed by atoms with E-state index in [0.717, 1.165) is 6.42 Å². The van der Waals surface area contributed by atoms with Gasteiger partial charge < -0.3 is 5.32 Å². The predicted molar refractivity (Wildman–Crippen MR) is 67.6 cm³/mol. The van der Waals surface area contributed by atoms with Crippen molar-refractivity contribution in [2.75, 3.05) is 18.1 Å². The van der Waals surface area contributed by atoms with Gasteiger partial charge in [-0.15, -0.1) is 11.6 Å². The first-order valence-electron chi connectivity index (χ1n) is 5.71. The molecular formula is C11H20ClNOS. The molecule has 0 saturated carbocycles. The zero-order valence-corrected chi connectivity index (χ0v) is 10.9. The van der Waals surface area contributed by atoms with Crippen molar-refractivity contribution in [3.8, 4) is 0 Å². The zero-order chi connectivity index (χ0) is 11.1. The van der Waals surface area contributed by atoms with E-state index in [0.29, 0.717) is 18.9 Å². The van der Waals surface area contributed by atoms with Crippen LogP contribution in [0.5, 0.6) is 0 Å². The van der Waals surface area contributed by atoms with Crippen molar-refractivity contribution >= 4 is 29.3 Å². The minimum atomic E-state index is 0.0795. The summed E-state index contributed by atoms with van der Waals surface area (Å²) >= 11 is 7.93. The van der Waals surface area contributed by atoms with Crippen molar-refractivity contribution < 1.29 is 4.79 Å². The highest BCUT2D eigenvalue weighted by Gasteiger charge is 2.17. The molecule has 0 aromatic carbocycles. The van der Waals surface area contributed by atoms with E-state index in [1.165, 1.54) is 24.3 Å². The number of hydrogen-bond acceptors (Lipinski definition) is 2. The Morgan fingerprint density at radius 3 is 2.80 bits per heavy atom. The van der Waals surface area contributed by atoms with Crippen LogP contribution in [-0.4, -0.2) is 29.3 Å². The van der Waals surface area contributed by atoms with Gasteiger partial charge in [-0.2, -0.15) is 11.8 Å². The topological polar surface area (TPSA) is 29.1 Å². The number of halogens is 1. The molecule has 1 atom stereocenters. The van der Waals surface area contributed by atoms with Gasteiger partial charge in [0.25, 0.3) is 0 Å². The Bertz CT molecular complexity index is 195. The molecule has 1 rings (SSSR count). The summed E-state index contributed by atoms with van der Waals surface area (Å²) in [5.74, 6) is 3.20. The number of carbonyl (C=O) groups is 1. The van der Waals surface area contributed by atoms with E-state index in [4.69, 9.17) is 11.6 Å². The maximum absolute atomic E-state index is 11.6. The van der Waals surface area contributed by atoms with Crippen LogP contribution in [0.15, 0.2) is 0 Å². The van der Waals surface area contributed by atoms with Gasteiger partial charge in [0.15, 0.2) is 0 Å². The summed E-state index contributed by atoms with van der Waals surface area (Å²) in [6.45, 7) is 2.64. The standard InChI is InChI=1S/C11H20ClNOS/c1-2-10(12)8-13-11(14)7-9-3-5-15-6-4-9/h9-10H,2-8H2,1H3,(H,13,14). The van der Waals surface area contributed by atoms with Gasteiger partial charge in [-0.3, -0.25) is 4.79 Å². The Balaban J connectivity index is 2.11. The lowest BCUT2D eigenvalue weighted by Crippen LogP contribution is -2.31. The molecule has 4 heteroatoms. The van der Waals surface area contributed by atoms with Crippen molar-refractivity contribution in [2.45, 2.75) is 38.0 Å². The van der Waals surface area contributed by atoms with Crippen LogP contribution < -0.4 is 5.32 Å². The SMILES string of the molecule is CCC(Cl)CNC(=O)CC1CCSCC1. The summed E-state index contributed by atoms with van der Waals surface area (Å²) in [4.78, 5) is 11.6. The van der Waals surface area contributed by atoms with Gasteiger partial charge in [0.1, 0.15) is 0 Å². The van der Waals surface area contributed by atoms with Crippen LogP contribution in [-0.2, 0) is 4.79 Å². The van der Waals surface area contributed by atoms with Crippen LogP contribution in [0.25, 0.3) is 0 Å². The highest BCUT2D eigenvalue weighted by atomic mass is 35.5. The lowest BCUT2D eigenvalue weighted by atomic mass is 9.98. The van der Waals surface area contributed by atoms with Gasteiger partial charge in [0.2, 0.25) is 5.91 Å². The van der Waals surface area contributed by atoms with Crippen molar-refractivity contribution in [3.05, 3.63) is 0 Å². The molecule has 88 valence electrons. The number of hydrogen-bond donors (Lipinski definition) is 1. The van der Waals surface area contributed by atoms with Gasteiger partial charge >= 0.3 is 0 Å². The molecule has 0 bridgehead atoms. The van der Waals surface area contributed by atoms with Gasteiger partial charge in [-0.1, -0.05) is 6.92 Å². The van der Waals surface area contributed by atoms with E-state index in [-0.39, 0.29) is 11.3 Å². The predicted octanol–water partition coefficient (Wildman–Crippen LogP) is 2.65. The Hall–Kier alpha value is 0.110. The summed E-state index contributed by atoms with van der Waals surface area (Å²) in [5.41, 5.74) is 0. The summed E-state index contributed by atoms with van der Waals surface area (Å²) in [6, 6.07) is 0. The van der Waals surface area contributed by atoms with Crippen LogP contribution in [0, 0.1) is 5.92 Å². The summed E-state index contributed by atoms with van der Waals surface area (Å²) in [6.07, 6.45) is 3.97. The third-order valence-electron chi connectivity index (χ3n) is 2.78. The van der Waals surface area contributed by atoms with E-state index in [2.05, 4.69) is 5.32 Å². The fourth-order valence-electron chi connectivity index (χ4n) is 1.65. The number of amides is 1. The molecule has 1 N–H and O–H groups in total. The van der Waals surface area contributed by atoms with Crippen LogP contribution in [0.4, 0.5) is 0 Å². The third-order valence-corrected chi connectivity index (χ3v) is 4.29. The zero-order valence-electron chi connectivity index (χ0n) is 9.30. The summed E-state index contributed by atoms with van der Waals surface area (Å²) < 4.78 is 0. The van der Waals surface area contributed by atoms with Crippen molar-refractivity contribution in [3.63, 3.8) is 0 Å². The minimum absolute atomic E-state index is 0.0795. The number of thioether (sulfide) groups is 1. The van der Waals surface area contributed by atoms with Crippen molar-refractivity contribution in [2.24, 2.45) is 5.92 Å². The second kappa shape index (κ2) is 7.39. The van der Waals surface area contributed by atoms with Crippen LogP contribution in [0.2, 0.25) is 0 Å². The van der Waals surface area contributed by atoms with Crippen molar-refractivity contribution in [1.82, 2.24) is 5.32 Å². The van der Waals surface area contributed by atoms with E-state index >= 15 is 0 Å². The van der Waals surface area contributed by atoms with E-state index < -0.39 is 0 Å². The average molecular weight is 250 g/mol. The van der Waals surface area contributed by atoms with Crippen LogP contribution in [0.3, 0.4) is 0 Å². The number of alkyl halides is 1. The lowest BCUT2D eigenvalue weighted by molar-refractivity contribution is -0.122. The quantitative estimate of drug-likeness (QED) is 0.759. The van der Waals surface area contributed by atoms with E-state index in [9.17, 15) is 4.79 Å². The van der Waals surface area contributed by atoms with Gasteiger partial charge in [0.05, 0.1) is 5.38 Å². The molecule has 0 aromatic rings. The fraction of sp³-hybridized carbons (Fsp3) is 0.909. The monoisotopic (exact) mass is 249 g/mol. The normalized spacial score (nSPS) is 19.9. The van der Waals surface area contributed by atoms with Gasteiger partial charge in [-0.05, 0) is 36.7 Å². The van der Waals surface area contributed by atoms with E-state index in [1.54, 1.807) is 0 Å². The molecule has 15 heavy (non-hydrogen) atoms. The van der Waals surface area contributed by atoms with Crippen LogP contribution >= 0.6 is 23.4 Å². The molecule has 1 unspecified atom stereocenters. The molecule has 1 fully saturated rings. The lowest BCUT2D eigenvalue weighted by Gasteiger charge is -2.20. The highest BCUT2D eigenvalue weighted by molar-refractivity contribution is 7.99. The smallest absolute Gasteiger partial charge is 0.220 e. The van der Waals surface area contributed by atoms with Crippen LogP contribution in [0.1, 0.15) is 32.6 Å². The second-order valence-corrected chi connectivity index (χ2v) is 5.91. The first-order chi connectivity index (χ1) is 7.22. The molecule has 2 nitrogen and oxygen atoms in total. The second-order valence-electron chi connectivity index (χ2n) is 4.07. The summed E-state index contributed by atoms with van der Waals surface area (Å²) in [5, 5.41) is 2.98. The number of nitrogens with one attached hydrogen (secondary N) is 1. The van der Waals surface area contributed by atoms with Gasteiger partial charge in [0, 0.05) is 13.0 Å². The molecule has 0 aromatic heterocycles. The first kappa shape index (κ1) is 13.2. The summed E-state index contributed by atoms with van der Waals surface area (Å²) in [7, 11) is 0. The molecule has 1 amide bonds. The minimum Gasteiger partial charge on any atom is -0.355 e. The Labute approximate surface area is 102 Å². The molecule has 1 aliphatic heterocycles. The third kappa shape index (κ3) is 5.67. The molecule has 0 spiro atoms. The molecule has 0 radical (unpaired) electrons. The number of rotatable bonds is 5. The molecule has 0 aliphatic carbocycles. The number of carbonyl (C=O) groups excluding carboxylic acids is 1. The van der Waals surface area contributed by atoms with Gasteiger partial charge in [-0.25, -0.2) is 0 Å². The Morgan fingerprint density at radius 2 is 2.20 bits per heavy atom. The maximum Gasteiger partial charge on any atom is 0.220 e. The molecule has 1 saturated heterocycles. The maximum atomic E-state index is 11.6. The highest BCUT2D eigenvalue weighted by Crippen LogP contribution is 2.24. The Morgan fingerprint density at radius 1 is 1.53 bits per heavy atom. The average Bonchev–Trinajstić information content (AvgIpc) is 2.27. The molecule has 1 aliphatic rings.